The second kappa shape index (κ2) is 10.6. The highest BCUT2D eigenvalue weighted by molar-refractivity contribution is 7.80. The topological polar surface area (TPSA) is 61.9 Å². The molecule has 3 aromatic carbocycles. The first kappa shape index (κ1) is 24.3. The zero-order valence-electron chi connectivity index (χ0n) is 18.9. The van der Waals surface area contributed by atoms with Crippen LogP contribution in [-0.4, -0.2) is 41.5 Å². The highest BCUT2D eigenvalue weighted by Gasteiger charge is 2.44. The number of carbonyl (C=O) groups is 2. The lowest BCUT2D eigenvalue weighted by molar-refractivity contribution is -0.124. The molecule has 1 saturated heterocycles. The Morgan fingerprint density at radius 3 is 2.37 bits per heavy atom. The van der Waals surface area contributed by atoms with E-state index in [9.17, 15) is 18.4 Å². The van der Waals surface area contributed by atoms with Crippen LogP contribution in [-0.2, 0) is 16.0 Å². The molecule has 6 nitrogen and oxygen atoms in total. The molecule has 0 unspecified atom stereocenters. The van der Waals surface area contributed by atoms with Gasteiger partial charge >= 0.3 is 0 Å². The molecule has 0 spiro atoms. The monoisotopic (exact) mass is 495 g/mol. The standard InChI is InChI=1S/C26H23F2N3O3S/c1-34-21-12-8-19(9-13-21)29-24(32)16-23-25(33)31(20-10-6-18(27)7-11-20)26(35)30(23)15-14-17-4-2-3-5-22(17)28/h2-13,23H,14-16H2,1H3,(H,29,32)/t23-/m0/s1. The third-order valence-electron chi connectivity index (χ3n) is 5.74. The Balaban J connectivity index is 1.55. The molecular formula is C26H23F2N3O3S. The fraction of sp³-hybridized carbons (Fsp3) is 0.192. The van der Waals surface area contributed by atoms with Crippen LogP contribution < -0.4 is 15.0 Å². The van der Waals surface area contributed by atoms with Gasteiger partial charge in [-0.15, -0.1) is 0 Å². The van der Waals surface area contributed by atoms with Gasteiger partial charge in [0.1, 0.15) is 23.4 Å². The number of nitrogens with zero attached hydrogens (tertiary/aromatic N) is 2. The van der Waals surface area contributed by atoms with Crippen LogP contribution in [0.3, 0.4) is 0 Å². The number of hydrogen-bond donors (Lipinski definition) is 1. The smallest absolute Gasteiger partial charge is 0.256 e. The normalized spacial score (nSPS) is 15.5. The van der Waals surface area contributed by atoms with Crippen LogP contribution in [0.25, 0.3) is 0 Å². The number of halogens is 2. The summed E-state index contributed by atoms with van der Waals surface area (Å²) in [7, 11) is 1.55. The average Bonchev–Trinajstić information content (AvgIpc) is 3.08. The first-order valence-corrected chi connectivity index (χ1v) is 11.4. The molecule has 35 heavy (non-hydrogen) atoms. The van der Waals surface area contributed by atoms with E-state index in [-0.39, 0.29) is 36.2 Å². The maximum Gasteiger partial charge on any atom is 0.256 e. The Bertz CT molecular complexity index is 1240. The first-order chi connectivity index (χ1) is 16.9. The molecule has 0 aliphatic carbocycles. The number of hydrogen-bond acceptors (Lipinski definition) is 4. The summed E-state index contributed by atoms with van der Waals surface area (Å²) < 4.78 is 32.8. The van der Waals surface area contributed by atoms with E-state index in [1.807, 2.05) is 0 Å². The van der Waals surface area contributed by atoms with Gasteiger partial charge in [0.25, 0.3) is 5.91 Å². The van der Waals surface area contributed by atoms with Crippen molar-refractivity contribution in [3.05, 3.63) is 90.0 Å². The second-order valence-electron chi connectivity index (χ2n) is 7.96. The zero-order chi connectivity index (χ0) is 24.9. The van der Waals surface area contributed by atoms with Crippen molar-refractivity contribution < 1.29 is 23.1 Å². The Labute approximate surface area is 207 Å². The summed E-state index contributed by atoms with van der Waals surface area (Å²) in [6, 6.07) is 17.7. The molecule has 1 aliphatic heterocycles. The predicted octanol–water partition coefficient (Wildman–Crippen LogP) is 4.55. The van der Waals surface area contributed by atoms with E-state index in [4.69, 9.17) is 17.0 Å². The van der Waals surface area contributed by atoms with Gasteiger partial charge < -0.3 is 15.0 Å². The van der Waals surface area contributed by atoms with Gasteiger partial charge in [0, 0.05) is 12.2 Å². The van der Waals surface area contributed by atoms with Crippen LogP contribution in [0.4, 0.5) is 20.2 Å². The van der Waals surface area contributed by atoms with E-state index in [1.165, 1.54) is 35.2 Å². The average molecular weight is 496 g/mol. The van der Waals surface area contributed by atoms with Crippen molar-refractivity contribution in [2.24, 2.45) is 0 Å². The Morgan fingerprint density at radius 2 is 1.71 bits per heavy atom. The maximum atomic E-state index is 14.2. The van der Waals surface area contributed by atoms with Crippen LogP contribution in [0, 0.1) is 11.6 Å². The van der Waals surface area contributed by atoms with Crippen LogP contribution in [0.5, 0.6) is 5.75 Å². The minimum absolute atomic E-state index is 0.167. The summed E-state index contributed by atoms with van der Waals surface area (Å²) in [6.45, 7) is 0.226. The molecule has 4 rings (SSSR count). The number of methoxy groups -OCH3 is 1. The summed E-state index contributed by atoms with van der Waals surface area (Å²) in [4.78, 5) is 29.2. The molecule has 1 atom stereocenters. The van der Waals surface area contributed by atoms with E-state index >= 15 is 0 Å². The van der Waals surface area contributed by atoms with Crippen molar-refractivity contribution in [3.63, 3.8) is 0 Å². The summed E-state index contributed by atoms with van der Waals surface area (Å²) in [5, 5.41) is 2.96. The number of nitrogens with one attached hydrogen (secondary N) is 1. The number of amides is 2. The Morgan fingerprint density at radius 1 is 1.03 bits per heavy atom. The van der Waals surface area contributed by atoms with E-state index in [0.29, 0.717) is 22.7 Å². The number of carbonyl (C=O) groups excluding carboxylic acids is 2. The quantitative estimate of drug-likeness (QED) is 0.465. The molecule has 0 saturated carbocycles. The van der Waals surface area contributed by atoms with E-state index in [1.54, 1.807) is 54.5 Å². The van der Waals surface area contributed by atoms with Crippen LogP contribution in [0.15, 0.2) is 72.8 Å². The molecule has 0 radical (unpaired) electrons. The van der Waals surface area contributed by atoms with E-state index < -0.39 is 17.8 Å². The SMILES string of the molecule is COc1ccc(NC(=O)C[C@H]2C(=O)N(c3ccc(F)cc3)C(=S)N2CCc2ccccc2F)cc1. The first-order valence-electron chi connectivity index (χ1n) is 10.9. The Kier molecular flexibility index (Phi) is 7.36. The number of thiocarbonyl (C=S) groups is 1. The van der Waals surface area contributed by atoms with Crippen molar-refractivity contribution in [1.82, 2.24) is 4.90 Å². The van der Waals surface area contributed by atoms with Crippen LogP contribution in [0.1, 0.15) is 12.0 Å². The molecule has 1 N–H and O–H groups in total. The fourth-order valence-corrected chi connectivity index (χ4v) is 4.33. The molecule has 9 heteroatoms. The van der Waals surface area contributed by atoms with Crippen LogP contribution >= 0.6 is 12.2 Å². The van der Waals surface area contributed by atoms with Gasteiger partial charge in [-0.3, -0.25) is 14.5 Å². The van der Waals surface area contributed by atoms with Crippen molar-refractivity contribution in [2.75, 3.05) is 23.9 Å². The van der Waals surface area contributed by atoms with Crippen molar-refractivity contribution in [3.8, 4) is 5.75 Å². The van der Waals surface area contributed by atoms with Gasteiger partial charge in [-0.25, -0.2) is 8.78 Å². The van der Waals surface area contributed by atoms with Crippen molar-refractivity contribution in [1.29, 1.82) is 0 Å². The minimum atomic E-state index is -0.891. The summed E-state index contributed by atoms with van der Waals surface area (Å²) in [5.41, 5.74) is 1.43. The minimum Gasteiger partial charge on any atom is -0.497 e. The molecule has 1 aliphatic rings. The summed E-state index contributed by atoms with van der Waals surface area (Å²) in [5.74, 6) is -0.937. The van der Waals surface area contributed by atoms with Crippen molar-refractivity contribution in [2.45, 2.75) is 18.9 Å². The molecule has 1 fully saturated rings. The lowest BCUT2D eigenvalue weighted by atomic mass is 10.1. The van der Waals surface area contributed by atoms with Gasteiger partial charge in [0.2, 0.25) is 5.91 Å². The molecule has 180 valence electrons. The van der Waals surface area contributed by atoms with Gasteiger partial charge in [0.15, 0.2) is 5.11 Å². The fourth-order valence-electron chi connectivity index (χ4n) is 3.92. The number of rotatable bonds is 8. The molecule has 3 aromatic rings. The molecule has 0 aromatic heterocycles. The van der Waals surface area contributed by atoms with Crippen LogP contribution in [0.2, 0.25) is 0 Å². The molecule has 0 bridgehead atoms. The van der Waals surface area contributed by atoms with Crippen molar-refractivity contribution >= 4 is 40.5 Å². The molecular weight excluding hydrogens is 472 g/mol. The largest absolute Gasteiger partial charge is 0.497 e. The molecule has 2 amide bonds. The molecule has 1 heterocycles. The Hall–Kier alpha value is -3.85. The zero-order valence-corrected chi connectivity index (χ0v) is 19.7. The second-order valence-corrected chi connectivity index (χ2v) is 8.33. The predicted molar refractivity (Wildman–Crippen MR) is 133 cm³/mol. The summed E-state index contributed by atoms with van der Waals surface area (Å²) >= 11 is 5.59. The lowest BCUT2D eigenvalue weighted by Gasteiger charge is -2.24. The van der Waals surface area contributed by atoms with Gasteiger partial charge in [-0.05, 0) is 78.8 Å². The van der Waals surface area contributed by atoms with E-state index in [2.05, 4.69) is 5.32 Å². The third kappa shape index (κ3) is 5.46. The van der Waals surface area contributed by atoms with E-state index in [0.717, 1.165) is 0 Å². The van der Waals surface area contributed by atoms with Gasteiger partial charge in [-0.2, -0.15) is 0 Å². The van der Waals surface area contributed by atoms with Gasteiger partial charge in [-0.1, -0.05) is 18.2 Å². The lowest BCUT2D eigenvalue weighted by Crippen LogP contribution is -2.39. The maximum absolute atomic E-state index is 14.2. The number of benzene rings is 3. The third-order valence-corrected chi connectivity index (χ3v) is 6.15. The highest BCUT2D eigenvalue weighted by atomic mass is 32.1. The summed E-state index contributed by atoms with van der Waals surface area (Å²) in [6.07, 6.45) is 0.119. The van der Waals surface area contributed by atoms with Gasteiger partial charge in [0.05, 0.1) is 19.2 Å². The highest BCUT2D eigenvalue weighted by Crippen LogP contribution is 2.28. The number of anilines is 2. The number of ether oxygens (including phenoxy) is 1.